The molecule has 0 aromatic carbocycles. The van der Waals surface area contributed by atoms with Crippen molar-refractivity contribution in [3.8, 4) is 0 Å². The van der Waals surface area contributed by atoms with Crippen LogP contribution in [0.5, 0.6) is 0 Å². The number of amides is 2. The molecule has 0 unspecified atom stereocenters. The molecule has 0 aliphatic carbocycles. The van der Waals surface area contributed by atoms with Gasteiger partial charge in [-0.2, -0.15) is 18.3 Å². The normalized spacial score (nSPS) is 20.0. The molecule has 3 rings (SSSR count). The molecule has 0 spiro atoms. The van der Waals surface area contributed by atoms with E-state index in [1.807, 2.05) is 20.2 Å². The Kier molecular flexibility index (Phi) is 5.40. The minimum Gasteiger partial charge on any atom is -0.371 e. The molecule has 8 nitrogen and oxygen atoms in total. The minimum atomic E-state index is -4.35. The van der Waals surface area contributed by atoms with Gasteiger partial charge in [-0.1, -0.05) is 0 Å². The second-order valence-electron chi connectivity index (χ2n) is 6.44. The van der Waals surface area contributed by atoms with Gasteiger partial charge in [0.15, 0.2) is 0 Å². The van der Waals surface area contributed by atoms with Crippen molar-refractivity contribution < 1.29 is 22.7 Å². The van der Waals surface area contributed by atoms with Crippen LogP contribution in [0.3, 0.4) is 0 Å². The minimum absolute atomic E-state index is 0.112. The molecule has 1 fully saturated rings. The summed E-state index contributed by atoms with van der Waals surface area (Å²) in [5, 5.41) is 9.66. The van der Waals surface area contributed by atoms with Gasteiger partial charge < -0.3 is 19.9 Å². The predicted octanol–water partition coefficient (Wildman–Crippen LogP) is 1.82. The highest BCUT2D eigenvalue weighted by molar-refractivity contribution is 5.74. The maximum atomic E-state index is 12.5. The highest BCUT2D eigenvalue weighted by atomic mass is 19.4. The second kappa shape index (κ2) is 7.59. The molecule has 1 aliphatic heterocycles. The Bertz CT molecular complexity index is 800. The van der Waals surface area contributed by atoms with Gasteiger partial charge in [-0.3, -0.25) is 4.68 Å². The van der Waals surface area contributed by atoms with Crippen molar-refractivity contribution in [2.24, 2.45) is 7.05 Å². The van der Waals surface area contributed by atoms with E-state index in [-0.39, 0.29) is 24.5 Å². The van der Waals surface area contributed by atoms with Crippen LogP contribution in [0.25, 0.3) is 0 Å². The molecule has 0 radical (unpaired) electrons. The number of hydrogen-bond acceptors (Lipinski definition) is 4. The fraction of sp³-hybridized carbons (Fsp3) is 0.562. The van der Waals surface area contributed by atoms with Crippen molar-refractivity contribution in [3.05, 3.63) is 35.7 Å². The summed E-state index contributed by atoms with van der Waals surface area (Å²) in [6.07, 6.45) is 0.326. The summed E-state index contributed by atoms with van der Waals surface area (Å²) in [6, 6.07) is -0.735. The van der Waals surface area contributed by atoms with Crippen molar-refractivity contribution >= 4 is 6.03 Å². The Balaban J connectivity index is 1.57. The van der Waals surface area contributed by atoms with E-state index in [2.05, 4.69) is 20.7 Å². The highest BCUT2D eigenvalue weighted by Gasteiger charge is 2.33. The zero-order valence-corrected chi connectivity index (χ0v) is 15.0. The van der Waals surface area contributed by atoms with Crippen molar-refractivity contribution in [2.45, 2.75) is 44.8 Å². The number of aryl methyl sites for hydroxylation is 2. The lowest BCUT2D eigenvalue weighted by Crippen LogP contribution is -2.43. The number of nitrogens with one attached hydrogen (secondary N) is 2. The predicted molar refractivity (Wildman–Crippen MR) is 88.7 cm³/mol. The standard InChI is InChI=1S/C16H21F3N6O2/c1-10-11(8-24(2)23-10)14-12(3-6-27-14)22-15(26)21-7-13-20-4-5-25(13)9-16(17,18)19/h4-5,8,12,14H,3,6-7,9H2,1-2H3,(H2,21,22,26)/t12-,14+/m1/s1. The number of halogens is 3. The molecule has 2 aromatic heterocycles. The van der Waals surface area contributed by atoms with E-state index in [0.717, 1.165) is 15.8 Å². The van der Waals surface area contributed by atoms with E-state index in [9.17, 15) is 18.0 Å². The van der Waals surface area contributed by atoms with Crippen LogP contribution in [0, 0.1) is 6.92 Å². The summed E-state index contributed by atoms with van der Waals surface area (Å²) in [6.45, 7) is 1.11. The Hall–Kier alpha value is -2.56. The number of ether oxygens (including phenoxy) is 1. The van der Waals surface area contributed by atoms with E-state index < -0.39 is 18.8 Å². The average molecular weight is 386 g/mol. The van der Waals surface area contributed by atoms with E-state index >= 15 is 0 Å². The molecule has 27 heavy (non-hydrogen) atoms. The zero-order chi connectivity index (χ0) is 19.6. The van der Waals surface area contributed by atoms with E-state index in [1.54, 1.807) is 4.68 Å². The van der Waals surface area contributed by atoms with Crippen molar-refractivity contribution in [3.63, 3.8) is 0 Å². The molecule has 2 N–H and O–H groups in total. The van der Waals surface area contributed by atoms with Crippen LogP contribution in [0.4, 0.5) is 18.0 Å². The Morgan fingerprint density at radius 1 is 1.44 bits per heavy atom. The average Bonchev–Trinajstić information content (AvgIpc) is 3.25. The molecule has 2 atom stereocenters. The van der Waals surface area contributed by atoms with Crippen LogP contribution in [0.1, 0.15) is 29.6 Å². The monoisotopic (exact) mass is 386 g/mol. The first kappa shape index (κ1) is 19.2. The van der Waals surface area contributed by atoms with Gasteiger partial charge >= 0.3 is 12.2 Å². The largest absolute Gasteiger partial charge is 0.406 e. The Morgan fingerprint density at radius 3 is 2.89 bits per heavy atom. The van der Waals surface area contributed by atoms with Crippen LogP contribution < -0.4 is 10.6 Å². The first-order valence-corrected chi connectivity index (χ1v) is 8.46. The van der Waals surface area contributed by atoms with Crippen molar-refractivity contribution in [1.29, 1.82) is 0 Å². The number of nitrogens with zero attached hydrogens (tertiary/aromatic N) is 4. The van der Waals surface area contributed by atoms with Crippen molar-refractivity contribution in [1.82, 2.24) is 30.0 Å². The summed E-state index contributed by atoms with van der Waals surface area (Å²) >= 11 is 0. The van der Waals surface area contributed by atoms with Gasteiger partial charge in [0.25, 0.3) is 0 Å². The molecule has 1 saturated heterocycles. The summed E-state index contributed by atoms with van der Waals surface area (Å²) in [5.41, 5.74) is 1.73. The number of imidazole rings is 1. The molecule has 148 valence electrons. The lowest BCUT2D eigenvalue weighted by atomic mass is 10.0. The summed E-state index contributed by atoms with van der Waals surface area (Å²) in [7, 11) is 1.81. The summed E-state index contributed by atoms with van der Waals surface area (Å²) < 4.78 is 46.0. The third-order valence-electron chi connectivity index (χ3n) is 4.32. The zero-order valence-electron chi connectivity index (χ0n) is 15.0. The van der Waals surface area contributed by atoms with Crippen LogP contribution in [-0.2, 0) is 24.9 Å². The number of hydrogen-bond donors (Lipinski definition) is 2. The van der Waals surface area contributed by atoms with Gasteiger partial charge in [-0.05, 0) is 13.3 Å². The quantitative estimate of drug-likeness (QED) is 0.821. The molecular formula is C16H21F3N6O2. The lowest BCUT2D eigenvalue weighted by Gasteiger charge is -2.20. The SMILES string of the molecule is Cc1nn(C)cc1[C@@H]1OCC[C@H]1NC(=O)NCc1nccn1CC(F)(F)F. The Labute approximate surface area is 153 Å². The topological polar surface area (TPSA) is 86.0 Å². The fourth-order valence-corrected chi connectivity index (χ4v) is 3.16. The van der Waals surface area contributed by atoms with Crippen LogP contribution >= 0.6 is 0 Å². The molecule has 2 amide bonds. The third kappa shape index (κ3) is 4.79. The van der Waals surface area contributed by atoms with Gasteiger partial charge in [0.1, 0.15) is 18.5 Å². The molecule has 11 heteroatoms. The third-order valence-corrected chi connectivity index (χ3v) is 4.32. The van der Waals surface area contributed by atoms with Gasteiger partial charge in [0, 0.05) is 37.8 Å². The lowest BCUT2D eigenvalue weighted by molar-refractivity contribution is -0.141. The Morgan fingerprint density at radius 2 is 2.22 bits per heavy atom. The number of carbonyl (C=O) groups excluding carboxylic acids is 1. The molecule has 0 bridgehead atoms. The maximum Gasteiger partial charge on any atom is 0.406 e. The first-order valence-electron chi connectivity index (χ1n) is 8.46. The molecule has 1 aliphatic rings. The van der Waals surface area contributed by atoms with E-state index in [0.29, 0.717) is 13.0 Å². The summed E-state index contributed by atoms with van der Waals surface area (Å²) in [5.74, 6) is 0.129. The van der Waals surface area contributed by atoms with Crippen LogP contribution in [-0.4, -0.2) is 44.2 Å². The van der Waals surface area contributed by atoms with Crippen molar-refractivity contribution in [2.75, 3.05) is 6.61 Å². The second-order valence-corrected chi connectivity index (χ2v) is 6.44. The number of alkyl halides is 3. The molecule has 0 saturated carbocycles. The number of aromatic nitrogens is 4. The molecular weight excluding hydrogens is 365 g/mol. The van der Waals surface area contributed by atoms with Gasteiger partial charge in [0.05, 0.1) is 18.3 Å². The van der Waals surface area contributed by atoms with Gasteiger partial charge in [0.2, 0.25) is 0 Å². The number of urea groups is 1. The summed E-state index contributed by atoms with van der Waals surface area (Å²) in [4.78, 5) is 16.1. The van der Waals surface area contributed by atoms with E-state index in [4.69, 9.17) is 4.74 Å². The molecule has 2 aromatic rings. The maximum absolute atomic E-state index is 12.5. The number of carbonyl (C=O) groups is 1. The van der Waals surface area contributed by atoms with Crippen LogP contribution in [0.2, 0.25) is 0 Å². The first-order chi connectivity index (χ1) is 12.7. The van der Waals surface area contributed by atoms with E-state index in [1.165, 1.54) is 12.4 Å². The fourth-order valence-electron chi connectivity index (χ4n) is 3.16. The highest BCUT2D eigenvalue weighted by Crippen LogP contribution is 2.30. The van der Waals surface area contributed by atoms with Crippen LogP contribution in [0.15, 0.2) is 18.6 Å². The molecule has 3 heterocycles. The van der Waals surface area contributed by atoms with Gasteiger partial charge in [-0.15, -0.1) is 0 Å². The smallest absolute Gasteiger partial charge is 0.371 e. The number of rotatable bonds is 5. The van der Waals surface area contributed by atoms with Gasteiger partial charge in [-0.25, -0.2) is 9.78 Å².